The summed E-state index contributed by atoms with van der Waals surface area (Å²) in [5.74, 6) is -1.37. The summed E-state index contributed by atoms with van der Waals surface area (Å²) in [4.78, 5) is 2.87. The lowest BCUT2D eigenvalue weighted by Gasteiger charge is -2.24. The van der Waals surface area contributed by atoms with Gasteiger partial charge in [-0.05, 0) is 74.3 Å². The van der Waals surface area contributed by atoms with E-state index in [1.807, 2.05) is 36.4 Å². The minimum atomic E-state index is -3.11. The minimum Gasteiger partial charge on any atom is -0.492 e. The third kappa shape index (κ3) is 5.76. The molecule has 1 aliphatic heterocycles. The summed E-state index contributed by atoms with van der Waals surface area (Å²) < 4.78 is 55.6. The molecule has 3 heterocycles. The average molecular weight is 600 g/mol. The van der Waals surface area contributed by atoms with Gasteiger partial charge < -0.3 is 9.47 Å². The van der Waals surface area contributed by atoms with Gasteiger partial charge in [-0.3, -0.25) is 14.4 Å². The average Bonchev–Trinajstić information content (AvgIpc) is 3.70. The number of hydrogen-bond donors (Lipinski definition) is 1. The molecule has 0 aliphatic carbocycles. The molecule has 5 nitrogen and oxygen atoms in total. The molecule has 0 saturated carbocycles. The van der Waals surface area contributed by atoms with Crippen molar-refractivity contribution in [1.29, 1.82) is 0 Å². The molecule has 1 N–H and O–H groups in total. The molecule has 5 aromatic rings. The maximum absolute atomic E-state index is 14.8. The Kier molecular flexibility index (Phi) is 7.85. The van der Waals surface area contributed by atoms with E-state index in [-0.39, 0.29) is 23.3 Å². The van der Waals surface area contributed by atoms with E-state index in [2.05, 4.69) is 15.1 Å². The van der Waals surface area contributed by atoms with E-state index in [0.29, 0.717) is 40.7 Å². The zero-order valence-electron chi connectivity index (χ0n) is 22.4. The molecule has 2 aromatic heterocycles. The van der Waals surface area contributed by atoms with Crippen LogP contribution in [-0.4, -0.2) is 47.5 Å². The highest BCUT2D eigenvalue weighted by atomic mass is 35.5. The van der Waals surface area contributed by atoms with E-state index in [0.717, 1.165) is 53.8 Å². The van der Waals surface area contributed by atoms with E-state index in [1.54, 1.807) is 18.3 Å². The molecule has 0 radical (unpaired) electrons. The van der Waals surface area contributed by atoms with Gasteiger partial charge in [0, 0.05) is 51.1 Å². The molecule has 1 aliphatic rings. The van der Waals surface area contributed by atoms with Gasteiger partial charge in [-0.15, -0.1) is 11.3 Å². The Labute approximate surface area is 244 Å². The maximum atomic E-state index is 14.8. The van der Waals surface area contributed by atoms with E-state index in [1.165, 1.54) is 17.4 Å². The standard InChI is InChI=1S/C31H29ClF3N3O2S/c1-31(34,35)26-16-19(32)5-10-23(26)30-28(24-11-12-27-25(17-36-37-27)29(24)41-30)40-22-8-6-21(7-9-22)39-18-20-4-2-14-38(20)15-3-13-33/h5-12,16-17,20H,2-4,13-15,18H2,1H3,(H,36,37)/t20-/m1/s1. The largest absolute Gasteiger partial charge is 0.492 e. The smallest absolute Gasteiger partial charge is 0.271 e. The van der Waals surface area contributed by atoms with Crippen LogP contribution in [0.25, 0.3) is 31.4 Å². The van der Waals surface area contributed by atoms with Crippen LogP contribution in [0, 0.1) is 0 Å². The van der Waals surface area contributed by atoms with Crippen molar-refractivity contribution in [3.8, 4) is 27.7 Å². The number of fused-ring (bicyclic) bond motifs is 3. The Morgan fingerprint density at radius 3 is 2.68 bits per heavy atom. The Balaban J connectivity index is 1.31. The molecule has 1 atom stereocenters. The van der Waals surface area contributed by atoms with Crippen molar-refractivity contribution in [2.24, 2.45) is 0 Å². The Morgan fingerprint density at radius 1 is 1.10 bits per heavy atom. The molecular formula is C31H29ClF3N3O2S. The molecule has 10 heteroatoms. The van der Waals surface area contributed by atoms with Crippen molar-refractivity contribution >= 4 is 43.9 Å². The third-order valence-electron chi connectivity index (χ3n) is 7.49. The van der Waals surface area contributed by atoms with Gasteiger partial charge in [0.15, 0.2) is 5.75 Å². The van der Waals surface area contributed by atoms with E-state index < -0.39 is 5.92 Å². The first-order chi connectivity index (χ1) is 19.8. The molecule has 6 rings (SSSR count). The molecular weight excluding hydrogens is 571 g/mol. The highest BCUT2D eigenvalue weighted by Crippen LogP contribution is 2.51. The van der Waals surface area contributed by atoms with Crippen molar-refractivity contribution in [2.75, 3.05) is 26.4 Å². The van der Waals surface area contributed by atoms with Gasteiger partial charge in [0.05, 0.1) is 23.3 Å². The van der Waals surface area contributed by atoms with Gasteiger partial charge in [-0.25, -0.2) is 8.78 Å². The summed E-state index contributed by atoms with van der Waals surface area (Å²) in [5.41, 5.74) is 1.05. The molecule has 41 heavy (non-hydrogen) atoms. The lowest BCUT2D eigenvalue weighted by molar-refractivity contribution is 0.0181. The predicted octanol–water partition coefficient (Wildman–Crippen LogP) is 9.20. The quantitative estimate of drug-likeness (QED) is 0.174. The Morgan fingerprint density at radius 2 is 1.90 bits per heavy atom. The van der Waals surface area contributed by atoms with Crippen LogP contribution in [0.5, 0.6) is 17.2 Å². The van der Waals surface area contributed by atoms with Gasteiger partial charge >= 0.3 is 0 Å². The van der Waals surface area contributed by atoms with Gasteiger partial charge in [0.2, 0.25) is 0 Å². The lowest BCUT2D eigenvalue weighted by atomic mass is 10.00. The minimum absolute atomic E-state index is 0.166. The molecule has 1 saturated heterocycles. The van der Waals surface area contributed by atoms with Crippen LogP contribution < -0.4 is 9.47 Å². The van der Waals surface area contributed by atoms with Crippen molar-refractivity contribution in [3.05, 3.63) is 71.4 Å². The second kappa shape index (κ2) is 11.5. The Bertz CT molecular complexity index is 1670. The topological polar surface area (TPSA) is 50.4 Å². The number of benzene rings is 3. The summed E-state index contributed by atoms with van der Waals surface area (Å²) in [6.45, 7) is 2.83. The number of rotatable bonds is 10. The van der Waals surface area contributed by atoms with Crippen molar-refractivity contribution < 1.29 is 22.6 Å². The van der Waals surface area contributed by atoms with Gasteiger partial charge in [-0.1, -0.05) is 17.7 Å². The predicted molar refractivity (Wildman–Crippen MR) is 159 cm³/mol. The number of nitrogens with zero attached hydrogens (tertiary/aromatic N) is 2. The van der Waals surface area contributed by atoms with Crippen LogP contribution in [0.1, 0.15) is 31.7 Å². The fourth-order valence-electron chi connectivity index (χ4n) is 5.46. The van der Waals surface area contributed by atoms with Crippen LogP contribution in [0.2, 0.25) is 5.02 Å². The monoisotopic (exact) mass is 599 g/mol. The van der Waals surface area contributed by atoms with Gasteiger partial charge in [0.25, 0.3) is 5.92 Å². The SMILES string of the molecule is CC(F)(F)c1cc(Cl)ccc1-c1sc2c(ccc3[nH]ncc32)c1Oc1ccc(OC[C@H]2CCCN2CCCF)cc1. The number of halogens is 4. The first kappa shape index (κ1) is 27.9. The zero-order valence-corrected chi connectivity index (χ0v) is 24.0. The number of aromatic amines is 1. The summed E-state index contributed by atoms with van der Waals surface area (Å²) in [6, 6.07) is 16.0. The molecule has 1 fully saturated rings. The first-order valence-electron chi connectivity index (χ1n) is 13.6. The lowest BCUT2D eigenvalue weighted by Crippen LogP contribution is -2.35. The molecule has 0 spiro atoms. The first-order valence-corrected chi connectivity index (χ1v) is 14.8. The summed E-state index contributed by atoms with van der Waals surface area (Å²) >= 11 is 7.51. The normalized spacial score (nSPS) is 16.2. The van der Waals surface area contributed by atoms with Crippen LogP contribution in [0.4, 0.5) is 13.2 Å². The van der Waals surface area contributed by atoms with Gasteiger partial charge in [-0.2, -0.15) is 5.10 Å². The van der Waals surface area contributed by atoms with Crippen LogP contribution >= 0.6 is 22.9 Å². The maximum Gasteiger partial charge on any atom is 0.271 e. The van der Waals surface area contributed by atoms with E-state index >= 15 is 0 Å². The number of alkyl halides is 3. The summed E-state index contributed by atoms with van der Waals surface area (Å²) in [7, 11) is 0. The van der Waals surface area contributed by atoms with Crippen LogP contribution in [0.15, 0.2) is 60.8 Å². The zero-order chi connectivity index (χ0) is 28.6. The van der Waals surface area contributed by atoms with Crippen molar-refractivity contribution in [3.63, 3.8) is 0 Å². The fraction of sp³-hybridized carbons (Fsp3) is 0.323. The number of likely N-dealkylation sites (tertiary alicyclic amines) is 1. The Hall–Kier alpha value is -3.27. The van der Waals surface area contributed by atoms with Crippen molar-refractivity contribution in [2.45, 2.75) is 38.2 Å². The number of H-pyrrole nitrogens is 1. The van der Waals surface area contributed by atoms with Crippen LogP contribution in [-0.2, 0) is 5.92 Å². The van der Waals surface area contributed by atoms with Crippen LogP contribution in [0.3, 0.4) is 0 Å². The molecule has 214 valence electrons. The van der Waals surface area contributed by atoms with E-state index in [4.69, 9.17) is 21.1 Å². The number of thiophene rings is 1. The number of aromatic nitrogens is 2. The van der Waals surface area contributed by atoms with E-state index in [9.17, 15) is 13.2 Å². The molecule has 0 amide bonds. The summed E-state index contributed by atoms with van der Waals surface area (Å²) in [5, 5.41) is 9.06. The second-order valence-corrected chi connectivity index (χ2v) is 11.8. The van der Waals surface area contributed by atoms with Crippen molar-refractivity contribution in [1.82, 2.24) is 15.1 Å². The fourth-order valence-corrected chi connectivity index (χ4v) is 6.91. The number of hydrogen-bond acceptors (Lipinski definition) is 5. The summed E-state index contributed by atoms with van der Waals surface area (Å²) in [6.07, 6.45) is 4.40. The highest BCUT2D eigenvalue weighted by Gasteiger charge is 2.31. The molecule has 3 aromatic carbocycles. The third-order valence-corrected chi connectivity index (χ3v) is 8.98. The highest BCUT2D eigenvalue weighted by molar-refractivity contribution is 7.23. The second-order valence-electron chi connectivity index (χ2n) is 10.4. The van der Waals surface area contributed by atoms with Gasteiger partial charge in [0.1, 0.15) is 18.1 Å². The number of ether oxygens (including phenoxy) is 2. The molecule has 0 bridgehead atoms. The number of nitrogens with one attached hydrogen (secondary N) is 1. The molecule has 0 unspecified atom stereocenters.